The lowest BCUT2D eigenvalue weighted by Gasteiger charge is -2.63. The largest absolute Gasteiger partial charge is 0.486 e. The van der Waals surface area contributed by atoms with E-state index in [4.69, 9.17) is 18.9 Å². The summed E-state index contributed by atoms with van der Waals surface area (Å²) < 4.78 is 22.2. The van der Waals surface area contributed by atoms with Crippen molar-refractivity contribution in [1.82, 2.24) is 0 Å². The van der Waals surface area contributed by atoms with E-state index in [0.29, 0.717) is 46.0 Å². The van der Waals surface area contributed by atoms with Crippen LogP contribution < -0.4 is 9.47 Å². The highest BCUT2D eigenvalue weighted by atomic mass is 16.6. The van der Waals surface area contributed by atoms with Crippen LogP contribution in [0.25, 0.3) is 0 Å². The fourth-order valence-corrected chi connectivity index (χ4v) is 14.0. The van der Waals surface area contributed by atoms with Crippen molar-refractivity contribution in [3.8, 4) is 17.2 Å². The normalized spacial score (nSPS) is 33.4. The van der Waals surface area contributed by atoms with Crippen molar-refractivity contribution in [2.75, 3.05) is 0 Å². The number of carbonyl (C=O) groups is 4. The van der Waals surface area contributed by atoms with Crippen molar-refractivity contribution in [2.45, 2.75) is 129 Å². The Kier molecular flexibility index (Phi) is 10.4. The van der Waals surface area contributed by atoms with E-state index in [1.807, 2.05) is 12.1 Å². The highest BCUT2D eigenvalue weighted by Gasteiger charge is 2.61. The van der Waals surface area contributed by atoms with Gasteiger partial charge in [-0.15, -0.1) is 0 Å². The van der Waals surface area contributed by atoms with Gasteiger partial charge in [0.05, 0.1) is 22.3 Å². The van der Waals surface area contributed by atoms with Crippen LogP contribution in [0, 0.1) is 46.3 Å². The summed E-state index contributed by atoms with van der Waals surface area (Å²) in [5.74, 6) is 4.10. The minimum atomic E-state index is -0.651. The van der Waals surface area contributed by atoms with Crippen LogP contribution in [0.2, 0.25) is 0 Å². The average Bonchev–Trinajstić information content (AvgIpc) is 3.86. The Morgan fingerprint density at radius 2 is 1.34 bits per heavy atom. The summed E-state index contributed by atoms with van der Waals surface area (Å²) in [7, 11) is 0. The summed E-state index contributed by atoms with van der Waals surface area (Å²) in [6.07, 6.45) is 20.6. The smallest absolute Gasteiger partial charge is 0.347 e. The van der Waals surface area contributed by atoms with E-state index in [0.717, 1.165) is 42.4 Å². The van der Waals surface area contributed by atoms with Gasteiger partial charge in [-0.25, -0.2) is 19.2 Å². The molecular formula is C54H60O8. The number of unbranched alkanes of at least 4 members (excludes halogenated alkanes) is 1. The van der Waals surface area contributed by atoms with Crippen molar-refractivity contribution < 1.29 is 38.1 Å². The molecule has 62 heavy (non-hydrogen) atoms. The van der Waals surface area contributed by atoms with E-state index >= 15 is 0 Å². The molecule has 0 spiro atoms. The standard InChI is InChI=1S/C54H60O8/c1-32(2)7-5-6-8-33-14-24-46-43-21-13-36-31-54(28-27-53(36,4)47(43)25-26-52(33,46)3,34-9-15-37(16-10-34)59-39-19-22-41-44(29-39)50(57)61-48(41)55)35-11-17-38(18-12-35)60-40-20-23-42-45(30-40)51(58)62-49(42)56/h9-12,15-19,22-23,29-30,32-33,36,40,43,46-47H,5-8,13-14,20-21,24-28,31H2,1-4H3. The molecule has 3 aromatic rings. The number of ether oxygens (including phenoxy) is 4. The summed E-state index contributed by atoms with van der Waals surface area (Å²) in [5.41, 5.74) is 4.21. The maximum atomic E-state index is 12.3. The monoisotopic (exact) mass is 836 g/mol. The fourth-order valence-electron chi connectivity index (χ4n) is 14.0. The fraction of sp³-hybridized carbons (Fsp3) is 0.519. The van der Waals surface area contributed by atoms with Gasteiger partial charge in [-0.1, -0.05) is 77.3 Å². The quantitative estimate of drug-likeness (QED) is 0.107. The van der Waals surface area contributed by atoms with Crippen molar-refractivity contribution >= 4 is 23.9 Å². The number of fused-ring (bicyclic) bond motifs is 7. The highest BCUT2D eigenvalue weighted by Crippen LogP contribution is 2.69. The molecule has 9 unspecified atom stereocenters. The Bertz CT molecular complexity index is 2360. The molecule has 324 valence electrons. The van der Waals surface area contributed by atoms with E-state index in [9.17, 15) is 19.2 Å². The van der Waals surface area contributed by atoms with Crippen LogP contribution in [-0.2, 0) is 24.5 Å². The Morgan fingerprint density at radius 3 is 2.10 bits per heavy atom. The minimum Gasteiger partial charge on any atom is -0.486 e. The van der Waals surface area contributed by atoms with Gasteiger partial charge in [-0.2, -0.15) is 0 Å². The minimum absolute atomic E-state index is 0.220. The van der Waals surface area contributed by atoms with Crippen molar-refractivity contribution in [3.05, 3.63) is 112 Å². The number of rotatable bonds is 11. The molecule has 2 heterocycles. The lowest BCUT2D eigenvalue weighted by molar-refractivity contribution is -0.149. The van der Waals surface area contributed by atoms with Gasteiger partial charge in [-0.3, -0.25) is 0 Å². The first-order valence-corrected chi connectivity index (χ1v) is 23.5. The molecule has 3 aromatic carbocycles. The van der Waals surface area contributed by atoms with Crippen LogP contribution in [0.15, 0.2) is 90.0 Å². The van der Waals surface area contributed by atoms with Crippen LogP contribution in [0.3, 0.4) is 0 Å². The Labute approximate surface area is 365 Å². The molecular weight excluding hydrogens is 777 g/mol. The molecule has 0 amide bonds. The second-order valence-corrected chi connectivity index (χ2v) is 20.7. The summed E-state index contributed by atoms with van der Waals surface area (Å²) in [4.78, 5) is 48.6. The van der Waals surface area contributed by atoms with E-state index in [1.54, 1.807) is 30.4 Å². The van der Waals surface area contributed by atoms with Gasteiger partial charge in [0.15, 0.2) is 0 Å². The predicted octanol–water partition coefficient (Wildman–Crippen LogP) is 12.0. The molecule has 0 aromatic heterocycles. The Hall–Kier alpha value is -4.98. The second kappa shape index (κ2) is 15.7. The molecule has 5 aliphatic carbocycles. The zero-order chi connectivity index (χ0) is 43.0. The van der Waals surface area contributed by atoms with Crippen LogP contribution >= 0.6 is 0 Å². The second-order valence-electron chi connectivity index (χ2n) is 20.7. The average molecular weight is 837 g/mol. The third-order valence-corrected chi connectivity index (χ3v) is 17.3. The Morgan fingerprint density at radius 1 is 0.661 bits per heavy atom. The first-order chi connectivity index (χ1) is 29.8. The van der Waals surface area contributed by atoms with Crippen molar-refractivity contribution in [3.63, 3.8) is 0 Å². The van der Waals surface area contributed by atoms with Crippen LogP contribution in [0.5, 0.6) is 17.2 Å². The molecule has 8 heteroatoms. The van der Waals surface area contributed by atoms with Gasteiger partial charge in [0.2, 0.25) is 0 Å². The first-order valence-electron chi connectivity index (χ1n) is 23.5. The van der Waals surface area contributed by atoms with Gasteiger partial charge in [-0.05, 0) is 170 Å². The summed E-state index contributed by atoms with van der Waals surface area (Å²) >= 11 is 0. The van der Waals surface area contributed by atoms with E-state index in [1.165, 1.54) is 81.8 Å². The number of hydrogen-bond donors (Lipinski definition) is 0. The van der Waals surface area contributed by atoms with Crippen molar-refractivity contribution in [1.29, 1.82) is 0 Å². The van der Waals surface area contributed by atoms with Crippen LogP contribution in [0.1, 0.15) is 149 Å². The molecule has 0 N–H and O–H groups in total. The highest BCUT2D eigenvalue weighted by molar-refractivity contribution is 6.18. The molecule has 8 nitrogen and oxygen atoms in total. The molecule has 10 rings (SSSR count). The molecule has 1 saturated heterocycles. The zero-order valence-electron chi connectivity index (χ0n) is 36.7. The van der Waals surface area contributed by atoms with Gasteiger partial charge < -0.3 is 18.9 Å². The molecule has 0 bridgehead atoms. The van der Waals surface area contributed by atoms with Gasteiger partial charge in [0.25, 0.3) is 0 Å². The first kappa shape index (κ1) is 41.1. The third-order valence-electron chi connectivity index (χ3n) is 17.3. The van der Waals surface area contributed by atoms with E-state index in [-0.39, 0.29) is 28.2 Å². The Balaban J connectivity index is 0.906. The van der Waals surface area contributed by atoms with Gasteiger partial charge >= 0.3 is 23.9 Å². The molecule has 5 fully saturated rings. The zero-order valence-corrected chi connectivity index (χ0v) is 36.7. The lowest BCUT2D eigenvalue weighted by atomic mass is 9.42. The van der Waals surface area contributed by atoms with Crippen molar-refractivity contribution in [2.24, 2.45) is 46.3 Å². The number of cyclic esters (lactones) is 4. The van der Waals surface area contributed by atoms with Gasteiger partial charge in [0.1, 0.15) is 23.4 Å². The van der Waals surface area contributed by atoms with E-state index in [2.05, 4.69) is 64.1 Å². The predicted molar refractivity (Wildman–Crippen MR) is 235 cm³/mol. The van der Waals surface area contributed by atoms with E-state index < -0.39 is 23.9 Å². The molecule has 7 aliphatic rings. The number of hydrogen-bond acceptors (Lipinski definition) is 8. The topological polar surface area (TPSA) is 105 Å². The molecule has 4 saturated carbocycles. The maximum Gasteiger partial charge on any atom is 0.347 e. The molecule has 0 radical (unpaired) electrons. The maximum absolute atomic E-state index is 12.3. The summed E-state index contributed by atoms with van der Waals surface area (Å²) in [6, 6.07) is 21.9. The van der Waals surface area contributed by atoms with Crippen LogP contribution in [0.4, 0.5) is 0 Å². The van der Waals surface area contributed by atoms with Gasteiger partial charge in [0, 0.05) is 11.8 Å². The number of carbonyl (C=O) groups excluding carboxylic acids is 4. The van der Waals surface area contributed by atoms with Crippen LogP contribution in [-0.4, -0.2) is 30.0 Å². The SMILES string of the molecule is CC(C)CCCCC1CCC2C3CCC4CC(c5ccc(Oc6ccc7c(c6)C(=O)OC7=O)cc5)(c5ccc(OC6C=C7C(=O)OC(=O)C7=CC6)cc5)CCC4(C)C3CCC12C. The number of benzene rings is 3. The summed E-state index contributed by atoms with van der Waals surface area (Å²) in [5, 5.41) is 0. The molecule has 9 atom stereocenters. The lowest BCUT2D eigenvalue weighted by Crippen LogP contribution is -2.55. The third kappa shape index (κ3) is 6.95. The number of esters is 4. The molecule has 2 aliphatic heterocycles. The summed E-state index contributed by atoms with van der Waals surface area (Å²) in [6.45, 7) is 10.1.